The summed E-state index contributed by atoms with van der Waals surface area (Å²) in [5.74, 6) is 0.792. The molecule has 40 heavy (non-hydrogen) atoms. The highest BCUT2D eigenvalue weighted by molar-refractivity contribution is 5.95. The van der Waals surface area contributed by atoms with E-state index in [1.807, 2.05) is 13.8 Å². The second-order valence-electron chi connectivity index (χ2n) is 8.35. The summed E-state index contributed by atoms with van der Waals surface area (Å²) in [5, 5.41) is 9.31. The summed E-state index contributed by atoms with van der Waals surface area (Å²) in [6, 6.07) is 8.98. The highest BCUT2D eigenvalue weighted by Gasteiger charge is 2.32. The van der Waals surface area contributed by atoms with Gasteiger partial charge in [-0.05, 0) is 57.5 Å². The number of carbonyl (C=O) groups is 3. The van der Waals surface area contributed by atoms with Crippen molar-refractivity contribution < 1.29 is 38.1 Å². The second kappa shape index (κ2) is 14.4. The maximum atomic E-state index is 12.6. The lowest BCUT2D eigenvalue weighted by atomic mass is 9.95. The lowest BCUT2D eigenvalue weighted by molar-refractivity contribution is -0.139. The number of allylic oxidation sites excluding steroid dienone is 1. The fourth-order valence-electron chi connectivity index (χ4n) is 3.91. The van der Waals surface area contributed by atoms with Crippen molar-refractivity contribution >= 4 is 24.1 Å². The molecule has 0 saturated heterocycles. The van der Waals surface area contributed by atoms with Gasteiger partial charge in [0.2, 0.25) is 0 Å². The SMILES string of the molecule is CCOC(=O)C1=C(C)NC(=O)N[C@@H]1c1ccc(OCC(=O)N/N=C\c2ccc(OCC)cc2OCC)c(OC)c1. The van der Waals surface area contributed by atoms with E-state index in [0.29, 0.717) is 47.3 Å². The Balaban J connectivity index is 1.67. The number of esters is 1. The summed E-state index contributed by atoms with van der Waals surface area (Å²) in [6.07, 6.45) is 1.47. The molecule has 1 aliphatic heterocycles. The van der Waals surface area contributed by atoms with Crippen LogP contribution >= 0.6 is 0 Å². The molecule has 0 spiro atoms. The lowest BCUT2D eigenvalue weighted by Crippen LogP contribution is -2.45. The molecule has 214 valence electrons. The third kappa shape index (κ3) is 7.65. The number of carbonyl (C=O) groups excluding carboxylic acids is 3. The monoisotopic (exact) mass is 554 g/mol. The van der Waals surface area contributed by atoms with Gasteiger partial charge in [-0.25, -0.2) is 15.0 Å². The van der Waals surface area contributed by atoms with Crippen molar-refractivity contribution in [2.75, 3.05) is 33.5 Å². The van der Waals surface area contributed by atoms with E-state index in [1.54, 1.807) is 50.2 Å². The van der Waals surface area contributed by atoms with E-state index in [4.69, 9.17) is 23.7 Å². The van der Waals surface area contributed by atoms with Gasteiger partial charge in [0.25, 0.3) is 5.91 Å². The number of hydrogen-bond donors (Lipinski definition) is 3. The molecular weight excluding hydrogens is 520 g/mol. The number of methoxy groups -OCH3 is 1. The Morgan fingerprint density at radius 2 is 1.75 bits per heavy atom. The molecule has 1 heterocycles. The fraction of sp³-hybridized carbons (Fsp3) is 0.357. The zero-order chi connectivity index (χ0) is 29.1. The molecule has 1 aliphatic rings. The van der Waals surface area contributed by atoms with Crippen molar-refractivity contribution in [3.05, 3.63) is 58.8 Å². The standard InChI is InChI=1S/C28H34N4O8/c1-6-37-20-11-9-19(22(14-20)38-7-2)15-29-32-24(33)16-40-21-12-10-18(13-23(21)36-5)26-25(27(34)39-8-3)17(4)30-28(35)31-26/h9-15,26H,6-8,16H2,1-5H3,(H,32,33)(H2,30,31,35)/b29-15-/t26-/m1/s1. The molecule has 3 N–H and O–H groups in total. The summed E-state index contributed by atoms with van der Waals surface area (Å²) < 4.78 is 27.4. The molecule has 0 radical (unpaired) electrons. The quantitative estimate of drug-likeness (QED) is 0.194. The number of nitrogens with zero attached hydrogens (tertiary/aromatic N) is 1. The summed E-state index contributed by atoms with van der Waals surface area (Å²) in [6.45, 7) is 7.93. The van der Waals surface area contributed by atoms with E-state index in [2.05, 4.69) is 21.2 Å². The number of ether oxygens (including phenoxy) is 5. The first kappa shape index (κ1) is 29.8. The third-order valence-corrected chi connectivity index (χ3v) is 5.63. The van der Waals surface area contributed by atoms with Crippen molar-refractivity contribution in [2.45, 2.75) is 33.7 Å². The fourth-order valence-corrected chi connectivity index (χ4v) is 3.91. The van der Waals surface area contributed by atoms with Gasteiger partial charge >= 0.3 is 12.0 Å². The van der Waals surface area contributed by atoms with E-state index < -0.39 is 23.9 Å². The van der Waals surface area contributed by atoms with Crippen molar-refractivity contribution in [3.8, 4) is 23.0 Å². The molecule has 0 fully saturated rings. The minimum atomic E-state index is -0.766. The van der Waals surface area contributed by atoms with Gasteiger partial charge in [0, 0.05) is 17.3 Å². The normalized spacial score (nSPS) is 14.7. The summed E-state index contributed by atoms with van der Waals surface area (Å²) in [7, 11) is 1.44. The summed E-state index contributed by atoms with van der Waals surface area (Å²) >= 11 is 0. The molecule has 3 amide bonds. The van der Waals surface area contributed by atoms with E-state index in [0.717, 1.165) is 0 Å². The number of nitrogens with one attached hydrogen (secondary N) is 3. The molecule has 0 aliphatic carbocycles. The van der Waals surface area contributed by atoms with Crippen LogP contribution in [0.4, 0.5) is 4.79 Å². The Hall–Kier alpha value is -4.74. The first-order valence-electron chi connectivity index (χ1n) is 12.8. The van der Waals surface area contributed by atoms with Crippen LogP contribution in [0.3, 0.4) is 0 Å². The topological polar surface area (TPSA) is 146 Å². The second-order valence-corrected chi connectivity index (χ2v) is 8.35. The molecule has 3 rings (SSSR count). The highest BCUT2D eigenvalue weighted by Crippen LogP contribution is 2.34. The first-order chi connectivity index (χ1) is 19.3. The van der Waals surface area contributed by atoms with Crippen LogP contribution in [0.1, 0.15) is 44.9 Å². The van der Waals surface area contributed by atoms with Crippen LogP contribution in [0.15, 0.2) is 52.8 Å². The smallest absolute Gasteiger partial charge is 0.338 e. The largest absolute Gasteiger partial charge is 0.494 e. The highest BCUT2D eigenvalue weighted by atomic mass is 16.5. The molecule has 0 bridgehead atoms. The van der Waals surface area contributed by atoms with Crippen molar-refractivity contribution in [2.24, 2.45) is 5.10 Å². The zero-order valence-corrected chi connectivity index (χ0v) is 23.2. The molecule has 0 saturated carbocycles. The summed E-state index contributed by atoms with van der Waals surface area (Å²) in [5.41, 5.74) is 4.31. The maximum absolute atomic E-state index is 12.6. The Bertz CT molecular complexity index is 1290. The van der Waals surface area contributed by atoms with Gasteiger partial charge in [0.1, 0.15) is 11.5 Å². The van der Waals surface area contributed by atoms with Crippen LogP contribution in [0.2, 0.25) is 0 Å². The minimum Gasteiger partial charge on any atom is -0.494 e. The van der Waals surface area contributed by atoms with Gasteiger partial charge in [-0.15, -0.1) is 0 Å². The van der Waals surface area contributed by atoms with Gasteiger partial charge in [0.15, 0.2) is 18.1 Å². The van der Waals surface area contributed by atoms with Gasteiger partial charge < -0.3 is 34.3 Å². The van der Waals surface area contributed by atoms with E-state index in [1.165, 1.54) is 13.3 Å². The maximum Gasteiger partial charge on any atom is 0.338 e. The van der Waals surface area contributed by atoms with Crippen molar-refractivity contribution in [1.82, 2.24) is 16.1 Å². The lowest BCUT2D eigenvalue weighted by Gasteiger charge is -2.28. The number of hydrazone groups is 1. The van der Waals surface area contributed by atoms with Crippen LogP contribution in [0.25, 0.3) is 0 Å². The van der Waals surface area contributed by atoms with E-state index in [-0.39, 0.29) is 24.5 Å². The van der Waals surface area contributed by atoms with Crippen LogP contribution in [-0.4, -0.2) is 57.7 Å². The van der Waals surface area contributed by atoms with Gasteiger partial charge in [-0.2, -0.15) is 5.10 Å². The number of benzene rings is 2. The number of urea groups is 1. The molecular formula is C28H34N4O8. The van der Waals surface area contributed by atoms with Gasteiger partial charge in [0.05, 0.1) is 44.8 Å². The Morgan fingerprint density at radius 1 is 0.975 bits per heavy atom. The predicted molar refractivity (Wildman–Crippen MR) is 147 cm³/mol. The average molecular weight is 555 g/mol. The molecule has 0 aromatic heterocycles. The van der Waals surface area contributed by atoms with Crippen molar-refractivity contribution in [3.63, 3.8) is 0 Å². The Morgan fingerprint density at radius 3 is 2.45 bits per heavy atom. The number of amides is 3. The third-order valence-electron chi connectivity index (χ3n) is 5.63. The van der Waals surface area contributed by atoms with Crippen LogP contribution < -0.4 is 35.0 Å². The van der Waals surface area contributed by atoms with Crippen LogP contribution in [0, 0.1) is 0 Å². The molecule has 2 aromatic rings. The molecule has 12 heteroatoms. The van der Waals surface area contributed by atoms with E-state index >= 15 is 0 Å². The van der Waals surface area contributed by atoms with E-state index in [9.17, 15) is 14.4 Å². The molecule has 1 atom stereocenters. The minimum absolute atomic E-state index is 0.187. The first-order valence-corrected chi connectivity index (χ1v) is 12.8. The van der Waals surface area contributed by atoms with Gasteiger partial charge in [-0.1, -0.05) is 6.07 Å². The van der Waals surface area contributed by atoms with Crippen LogP contribution in [0.5, 0.6) is 23.0 Å². The molecule has 0 unspecified atom stereocenters. The Labute approximate surface area is 232 Å². The molecule has 2 aromatic carbocycles. The average Bonchev–Trinajstić information content (AvgIpc) is 2.93. The van der Waals surface area contributed by atoms with Crippen molar-refractivity contribution in [1.29, 1.82) is 0 Å². The summed E-state index contributed by atoms with van der Waals surface area (Å²) in [4.78, 5) is 37.1. The van der Waals surface area contributed by atoms with Gasteiger partial charge in [-0.3, -0.25) is 4.79 Å². The predicted octanol–water partition coefficient (Wildman–Crippen LogP) is 3.21. The van der Waals surface area contributed by atoms with Crippen LogP contribution in [-0.2, 0) is 14.3 Å². The number of hydrogen-bond acceptors (Lipinski definition) is 9. The zero-order valence-electron chi connectivity index (χ0n) is 23.2. The Kier molecular flexibility index (Phi) is 10.7. The number of rotatable bonds is 13. The molecule has 12 nitrogen and oxygen atoms in total.